The number of hydrogen-bond acceptors (Lipinski definition) is 4. The van der Waals surface area contributed by atoms with Crippen molar-refractivity contribution in [1.82, 2.24) is 10.2 Å². The van der Waals surface area contributed by atoms with Gasteiger partial charge in [0.15, 0.2) is 0 Å². The predicted molar refractivity (Wildman–Crippen MR) is 81.0 cm³/mol. The summed E-state index contributed by atoms with van der Waals surface area (Å²) in [5.41, 5.74) is 1.20. The number of carbonyl (C=O) groups is 2. The number of nitrogens with zero attached hydrogens (tertiary/aromatic N) is 1. The summed E-state index contributed by atoms with van der Waals surface area (Å²) in [7, 11) is 1.59. The van der Waals surface area contributed by atoms with Crippen molar-refractivity contribution in [3.63, 3.8) is 0 Å². The van der Waals surface area contributed by atoms with Crippen LogP contribution in [0.3, 0.4) is 0 Å². The first-order valence-corrected chi connectivity index (χ1v) is 7.23. The Bertz CT molecular complexity index is 735. The fraction of sp³-hybridized carbons (Fsp3) is 0.375. The van der Waals surface area contributed by atoms with E-state index < -0.39 is 0 Å². The summed E-state index contributed by atoms with van der Waals surface area (Å²) in [6.07, 6.45) is 0.323. The van der Waals surface area contributed by atoms with E-state index in [0.29, 0.717) is 48.7 Å². The summed E-state index contributed by atoms with van der Waals surface area (Å²) in [6.45, 7) is 3.17. The molecule has 0 atom stereocenters. The first kappa shape index (κ1) is 14.4. The van der Waals surface area contributed by atoms with E-state index in [1.807, 2.05) is 0 Å². The van der Waals surface area contributed by atoms with Gasteiger partial charge in [-0.25, -0.2) is 0 Å². The maximum Gasteiger partial charge on any atom is 0.258 e. The first-order chi connectivity index (χ1) is 10.6. The van der Waals surface area contributed by atoms with E-state index in [1.165, 1.54) is 0 Å². The highest BCUT2D eigenvalue weighted by Gasteiger charge is 2.25. The molecule has 6 heteroatoms. The van der Waals surface area contributed by atoms with E-state index in [0.717, 1.165) is 5.39 Å². The lowest BCUT2D eigenvalue weighted by molar-refractivity contribution is -0.120. The largest absolute Gasteiger partial charge is 0.497 e. The minimum absolute atomic E-state index is 0.0225. The highest BCUT2D eigenvalue weighted by atomic mass is 16.5. The Hall–Kier alpha value is -2.50. The molecule has 0 spiro atoms. The number of aryl methyl sites for hydroxylation is 1. The number of furan rings is 1. The summed E-state index contributed by atoms with van der Waals surface area (Å²) < 4.78 is 10.9. The van der Waals surface area contributed by atoms with E-state index >= 15 is 0 Å². The molecule has 1 fully saturated rings. The quantitative estimate of drug-likeness (QED) is 0.916. The van der Waals surface area contributed by atoms with E-state index in [1.54, 1.807) is 37.1 Å². The zero-order chi connectivity index (χ0) is 15.7. The monoisotopic (exact) mass is 302 g/mol. The number of benzene rings is 1. The first-order valence-electron chi connectivity index (χ1n) is 7.23. The maximum absolute atomic E-state index is 12.8. The van der Waals surface area contributed by atoms with Gasteiger partial charge in [-0.05, 0) is 25.1 Å². The van der Waals surface area contributed by atoms with Crippen molar-refractivity contribution in [3.8, 4) is 5.75 Å². The molecule has 1 aromatic carbocycles. The Morgan fingerprint density at radius 2 is 2.18 bits per heavy atom. The van der Waals surface area contributed by atoms with Crippen LogP contribution in [0.15, 0.2) is 22.6 Å². The molecule has 2 aromatic rings. The topological polar surface area (TPSA) is 71.8 Å². The van der Waals surface area contributed by atoms with Crippen LogP contribution in [0.4, 0.5) is 0 Å². The van der Waals surface area contributed by atoms with Gasteiger partial charge in [-0.15, -0.1) is 0 Å². The van der Waals surface area contributed by atoms with Gasteiger partial charge in [-0.1, -0.05) is 0 Å². The van der Waals surface area contributed by atoms with Crippen LogP contribution in [0.5, 0.6) is 5.75 Å². The molecule has 0 unspecified atom stereocenters. The summed E-state index contributed by atoms with van der Waals surface area (Å²) in [6, 6.07) is 5.40. The Labute approximate surface area is 128 Å². The number of fused-ring (bicyclic) bond motifs is 1. The van der Waals surface area contributed by atoms with Gasteiger partial charge in [-0.2, -0.15) is 0 Å². The normalized spacial score (nSPS) is 15.5. The molecule has 0 bridgehead atoms. The molecule has 1 aliphatic rings. The lowest BCUT2D eigenvalue weighted by atomic mass is 10.1. The van der Waals surface area contributed by atoms with Crippen molar-refractivity contribution < 1.29 is 18.7 Å². The van der Waals surface area contributed by atoms with Crippen molar-refractivity contribution in [2.45, 2.75) is 13.3 Å². The van der Waals surface area contributed by atoms with Gasteiger partial charge in [0.05, 0.1) is 12.7 Å². The van der Waals surface area contributed by atoms with Crippen LogP contribution in [-0.4, -0.2) is 43.5 Å². The maximum atomic E-state index is 12.8. The van der Waals surface area contributed by atoms with Gasteiger partial charge in [-0.3, -0.25) is 9.59 Å². The SMILES string of the molecule is COc1ccc2oc(C)c(C(=O)N3CCNC(=O)CC3)c2c1. The molecule has 2 heterocycles. The third kappa shape index (κ3) is 2.52. The molecule has 1 aliphatic heterocycles. The molecule has 6 nitrogen and oxygen atoms in total. The highest BCUT2D eigenvalue weighted by Crippen LogP contribution is 2.30. The summed E-state index contributed by atoms with van der Waals surface area (Å²) >= 11 is 0. The molecule has 2 amide bonds. The molecule has 3 rings (SSSR count). The van der Waals surface area contributed by atoms with Gasteiger partial charge in [0, 0.05) is 31.4 Å². The molecule has 0 radical (unpaired) electrons. The Kier molecular flexibility index (Phi) is 3.75. The van der Waals surface area contributed by atoms with Gasteiger partial charge in [0.1, 0.15) is 17.1 Å². The van der Waals surface area contributed by atoms with Crippen molar-refractivity contribution in [1.29, 1.82) is 0 Å². The molecule has 22 heavy (non-hydrogen) atoms. The van der Waals surface area contributed by atoms with Gasteiger partial charge < -0.3 is 19.4 Å². The zero-order valence-corrected chi connectivity index (χ0v) is 12.6. The molecular weight excluding hydrogens is 284 g/mol. The second-order valence-electron chi connectivity index (χ2n) is 5.29. The van der Waals surface area contributed by atoms with Gasteiger partial charge in [0.25, 0.3) is 5.91 Å². The fourth-order valence-electron chi connectivity index (χ4n) is 2.72. The van der Waals surface area contributed by atoms with Crippen LogP contribution >= 0.6 is 0 Å². The molecule has 1 saturated heterocycles. The minimum atomic E-state index is -0.110. The average molecular weight is 302 g/mol. The van der Waals surface area contributed by atoms with Gasteiger partial charge >= 0.3 is 0 Å². The molecule has 0 aliphatic carbocycles. The molecule has 0 saturated carbocycles. The number of methoxy groups -OCH3 is 1. The van der Waals surface area contributed by atoms with Crippen LogP contribution in [0, 0.1) is 6.92 Å². The second kappa shape index (κ2) is 5.71. The van der Waals surface area contributed by atoms with Crippen LogP contribution < -0.4 is 10.1 Å². The van der Waals surface area contributed by atoms with E-state index in [4.69, 9.17) is 9.15 Å². The lowest BCUT2D eigenvalue weighted by Gasteiger charge is -2.19. The Morgan fingerprint density at radius 3 is 2.95 bits per heavy atom. The zero-order valence-electron chi connectivity index (χ0n) is 12.6. The van der Waals surface area contributed by atoms with E-state index in [2.05, 4.69) is 5.32 Å². The van der Waals surface area contributed by atoms with Crippen molar-refractivity contribution >= 4 is 22.8 Å². The molecular formula is C16H18N2O4. The minimum Gasteiger partial charge on any atom is -0.497 e. The summed E-state index contributed by atoms with van der Waals surface area (Å²) in [4.78, 5) is 25.9. The smallest absolute Gasteiger partial charge is 0.258 e. The van der Waals surface area contributed by atoms with Crippen molar-refractivity contribution in [3.05, 3.63) is 29.5 Å². The van der Waals surface area contributed by atoms with Crippen molar-refractivity contribution in [2.24, 2.45) is 0 Å². The number of hydrogen-bond donors (Lipinski definition) is 1. The number of amides is 2. The third-order valence-electron chi connectivity index (χ3n) is 3.88. The number of nitrogens with one attached hydrogen (secondary N) is 1. The molecule has 1 N–H and O–H groups in total. The van der Waals surface area contributed by atoms with Crippen LogP contribution in [0.25, 0.3) is 11.0 Å². The number of ether oxygens (including phenoxy) is 1. The standard InChI is InChI=1S/C16H18N2O4/c1-10-15(12-9-11(21-2)3-4-13(12)22-10)16(20)18-7-5-14(19)17-6-8-18/h3-4,9H,5-8H2,1-2H3,(H,17,19). The number of rotatable bonds is 2. The Balaban J connectivity index is 1.99. The second-order valence-corrected chi connectivity index (χ2v) is 5.29. The van der Waals surface area contributed by atoms with Crippen LogP contribution in [-0.2, 0) is 4.79 Å². The Morgan fingerprint density at radius 1 is 1.36 bits per heavy atom. The van der Waals surface area contributed by atoms with Gasteiger partial charge in [0.2, 0.25) is 5.91 Å². The average Bonchev–Trinajstić information content (AvgIpc) is 2.67. The van der Waals surface area contributed by atoms with Crippen molar-refractivity contribution in [2.75, 3.05) is 26.7 Å². The van der Waals surface area contributed by atoms with E-state index in [-0.39, 0.29) is 11.8 Å². The highest BCUT2D eigenvalue weighted by molar-refractivity contribution is 6.07. The number of carbonyl (C=O) groups excluding carboxylic acids is 2. The predicted octanol–water partition coefficient (Wildman–Crippen LogP) is 1.71. The molecule has 1 aromatic heterocycles. The third-order valence-corrected chi connectivity index (χ3v) is 3.88. The van der Waals surface area contributed by atoms with E-state index in [9.17, 15) is 9.59 Å². The molecule has 116 valence electrons. The fourth-order valence-corrected chi connectivity index (χ4v) is 2.72. The van der Waals surface area contributed by atoms with Crippen LogP contribution in [0.1, 0.15) is 22.5 Å². The summed E-state index contributed by atoms with van der Waals surface area (Å²) in [5, 5.41) is 3.51. The summed E-state index contributed by atoms with van der Waals surface area (Å²) in [5.74, 6) is 1.12. The van der Waals surface area contributed by atoms with Crippen LogP contribution in [0.2, 0.25) is 0 Å². The lowest BCUT2D eigenvalue weighted by Crippen LogP contribution is -2.34.